The van der Waals surface area contributed by atoms with Gasteiger partial charge in [0.05, 0.1) is 10.7 Å². The molecule has 0 aliphatic rings. The molecule has 0 unspecified atom stereocenters. The Balaban J connectivity index is 3.25. The van der Waals surface area contributed by atoms with E-state index < -0.39 is 0 Å². The van der Waals surface area contributed by atoms with E-state index in [1.165, 1.54) is 0 Å². The topological polar surface area (TPSA) is 36.1 Å². The molecule has 13 heavy (non-hydrogen) atoms. The summed E-state index contributed by atoms with van der Waals surface area (Å²) in [6.07, 6.45) is 1.86. The molecule has 0 saturated heterocycles. The molecular formula is C9H15N3S. The molecule has 0 atom stereocenters. The average molecular weight is 197 g/mol. The van der Waals surface area contributed by atoms with Gasteiger partial charge in [0.1, 0.15) is 5.00 Å². The minimum atomic E-state index is 1.10. The summed E-state index contributed by atoms with van der Waals surface area (Å²) in [6, 6.07) is 0. The lowest BCUT2D eigenvalue weighted by Gasteiger charge is -2.03. The first-order valence-electron chi connectivity index (χ1n) is 4.11. The summed E-state index contributed by atoms with van der Waals surface area (Å²) in [4.78, 5) is 0. The maximum absolute atomic E-state index is 3.79. The fraction of sp³-hybridized carbons (Fsp3) is 0.333. The zero-order valence-corrected chi connectivity index (χ0v) is 9.01. The Bertz CT molecular complexity index is 304. The molecule has 0 radical (unpaired) electrons. The summed E-state index contributed by atoms with van der Waals surface area (Å²) >= 11 is 1.68. The van der Waals surface area contributed by atoms with Gasteiger partial charge >= 0.3 is 0 Å². The van der Waals surface area contributed by atoms with Crippen LogP contribution in [0.1, 0.15) is 5.56 Å². The molecule has 3 N–H and O–H groups in total. The van der Waals surface area contributed by atoms with Crippen molar-refractivity contribution in [2.24, 2.45) is 0 Å². The molecule has 0 spiro atoms. The third-order valence-corrected chi connectivity index (χ3v) is 3.09. The van der Waals surface area contributed by atoms with Gasteiger partial charge in [-0.25, -0.2) is 0 Å². The maximum atomic E-state index is 3.79. The van der Waals surface area contributed by atoms with Gasteiger partial charge in [0.15, 0.2) is 0 Å². The van der Waals surface area contributed by atoms with E-state index in [4.69, 9.17) is 0 Å². The van der Waals surface area contributed by atoms with E-state index in [0.717, 1.165) is 21.3 Å². The van der Waals surface area contributed by atoms with Crippen LogP contribution in [-0.2, 0) is 0 Å². The lowest BCUT2D eigenvalue weighted by atomic mass is 10.2. The van der Waals surface area contributed by atoms with Crippen LogP contribution in [0.2, 0.25) is 0 Å². The SMILES string of the molecule is C=Cc1c(NC)sc(NC)c1NC. The molecule has 72 valence electrons. The first-order chi connectivity index (χ1) is 6.28. The van der Waals surface area contributed by atoms with Crippen molar-refractivity contribution in [2.75, 3.05) is 37.1 Å². The van der Waals surface area contributed by atoms with Crippen LogP contribution in [0.3, 0.4) is 0 Å². The second-order valence-electron chi connectivity index (χ2n) is 2.50. The van der Waals surface area contributed by atoms with Gasteiger partial charge < -0.3 is 16.0 Å². The van der Waals surface area contributed by atoms with Gasteiger partial charge in [0, 0.05) is 26.7 Å². The monoisotopic (exact) mass is 197 g/mol. The Kier molecular flexibility index (Phi) is 3.19. The zero-order valence-electron chi connectivity index (χ0n) is 8.19. The number of hydrogen-bond acceptors (Lipinski definition) is 4. The van der Waals surface area contributed by atoms with E-state index in [9.17, 15) is 0 Å². The van der Waals surface area contributed by atoms with Crippen LogP contribution in [0.4, 0.5) is 15.7 Å². The highest BCUT2D eigenvalue weighted by Gasteiger charge is 2.12. The van der Waals surface area contributed by atoms with Gasteiger partial charge in [-0.2, -0.15) is 0 Å². The summed E-state index contributed by atoms with van der Waals surface area (Å²) in [6.45, 7) is 3.79. The Labute approximate surface area is 82.9 Å². The van der Waals surface area contributed by atoms with Crippen molar-refractivity contribution in [1.29, 1.82) is 0 Å². The van der Waals surface area contributed by atoms with E-state index in [2.05, 4.69) is 22.5 Å². The Morgan fingerprint density at radius 3 is 2.08 bits per heavy atom. The number of hydrogen-bond donors (Lipinski definition) is 3. The number of anilines is 3. The summed E-state index contributed by atoms with van der Waals surface area (Å²) in [5.74, 6) is 0. The molecule has 0 aliphatic carbocycles. The molecule has 4 heteroatoms. The van der Waals surface area contributed by atoms with E-state index in [0.29, 0.717) is 0 Å². The third kappa shape index (κ3) is 1.62. The smallest absolute Gasteiger partial charge is 0.114 e. The predicted octanol–water partition coefficient (Wildman–Crippen LogP) is 2.52. The Morgan fingerprint density at radius 2 is 1.69 bits per heavy atom. The number of nitrogens with one attached hydrogen (secondary N) is 3. The van der Waals surface area contributed by atoms with Gasteiger partial charge in [-0.3, -0.25) is 0 Å². The van der Waals surface area contributed by atoms with Gasteiger partial charge in [0.2, 0.25) is 0 Å². The van der Waals surface area contributed by atoms with Crippen LogP contribution in [0.5, 0.6) is 0 Å². The first-order valence-corrected chi connectivity index (χ1v) is 4.92. The normalized spacial score (nSPS) is 9.46. The van der Waals surface area contributed by atoms with E-state index >= 15 is 0 Å². The van der Waals surface area contributed by atoms with Crippen LogP contribution in [0, 0.1) is 0 Å². The van der Waals surface area contributed by atoms with Crippen LogP contribution in [0.25, 0.3) is 6.08 Å². The Hall–Kier alpha value is -1.16. The standard InChI is InChI=1S/C9H15N3S/c1-5-6-7(10-2)9(12-4)13-8(6)11-3/h5,10-12H,1H2,2-4H3. The average Bonchev–Trinajstić information content (AvgIpc) is 2.54. The molecule has 0 bridgehead atoms. The highest BCUT2D eigenvalue weighted by Crippen LogP contribution is 2.41. The van der Waals surface area contributed by atoms with Crippen molar-refractivity contribution in [3.05, 3.63) is 12.1 Å². The molecular weight excluding hydrogens is 182 g/mol. The van der Waals surface area contributed by atoms with Crippen molar-refractivity contribution in [3.63, 3.8) is 0 Å². The second-order valence-corrected chi connectivity index (χ2v) is 3.52. The van der Waals surface area contributed by atoms with Crippen molar-refractivity contribution in [2.45, 2.75) is 0 Å². The molecule has 1 heterocycles. The van der Waals surface area contributed by atoms with Crippen molar-refractivity contribution in [3.8, 4) is 0 Å². The van der Waals surface area contributed by atoms with Crippen LogP contribution < -0.4 is 16.0 Å². The van der Waals surface area contributed by atoms with Crippen molar-refractivity contribution < 1.29 is 0 Å². The molecule has 0 fully saturated rings. The molecule has 0 saturated carbocycles. The first kappa shape index (κ1) is 9.92. The molecule has 1 aromatic heterocycles. The van der Waals surface area contributed by atoms with E-state index in [1.807, 2.05) is 27.2 Å². The lowest BCUT2D eigenvalue weighted by Crippen LogP contribution is -1.94. The van der Waals surface area contributed by atoms with Crippen molar-refractivity contribution >= 4 is 33.1 Å². The maximum Gasteiger partial charge on any atom is 0.114 e. The minimum Gasteiger partial charge on any atom is -0.385 e. The van der Waals surface area contributed by atoms with Gasteiger partial charge in [-0.05, 0) is 0 Å². The number of rotatable bonds is 4. The summed E-state index contributed by atoms with van der Waals surface area (Å²) in [5, 5.41) is 11.7. The van der Waals surface area contributed by atoms with Gasteiger partial charge in [-0.15, -0.1) is 0 Å². The molecule has 1 rings (SSSR count). The fourth-order valence-corrected chi connectivity index (χ4v) is 2.27. The van der Waals surface area contributed by atoms with Gasteiger partial charge in [-0.1, -0.05) is 24.0 Å². The molecule has 0 aromatic carbocycles. The largest absolute Gasteiger partial charge is 0.385 e. The zero-order chi connectivity index (χ0) is 9.84. The van der Waals surface area contributed by atoms with E-state index in [-0.39, 0.29) is 0 Å². The summed E-state index contributed by atoms with van der Waals surface area (Å²) in [5.41, 5.74) is 2.23. The fourth-order valence-electron chi connectivity index (χ4n) is 1.25. The van der Waals surface area contributed by atoms with Gasteiger partial charge in [0.25, 0.3) is 0 Å². The van der Waals surface area contributed by atoms with E-state index in [1.54, 1.807) is 11.3 Å². The molecule has 0 aliphatic heterocycles. The molecule has 3 nitrogen and oxygen atoms in total. The third-order valence-electron chi connectivity index (χ3n) is 1.85. The summed E-state index contributed by atoms with van der Waals surface area (Å²) < 4.78 is 0. The molecule has 0 amide bonds. The van der Waals surface area contributed by atoms with Crippen LogP contribution in [-0.4, -0.2) is 21.1 Å². The number of thiophene rings is 1. The lowest BCUT2D eigenvalue weighted by molar-refractivity contribution is 1.49. The summed E-state index contributed by atoms with van der Waals surface area (Å²) in [7, 11) is 5.74. The highest BCUT2D eigenvalue weighted by molar-refractivity contribution is 7.21. The Morgan fingerprint density at radius 1 is 1.08 bits per heavy atom. The van der Waals surface area contributed by atoms with Crippen molar-refractivity contribution in [1.82, 2.24) is 0 Å². The minimum absolute atomic E-state index is 1.10. The highest BCUT2D eigenvalue weighted by atomic mass is 32.1. The second kappa shape index (κ2) is 4.18. The predicted molar refractivity (Wildman–Crippen MR) is 63.1 cm³/mol. The molecule has 1 aromatic rings. The van der Waals surface area contributed by atoms with Crippen LogP contribution in [0.15, 0.2) is 6.58 Å². The van der Waals surface area contributed by atoms with Crippen LogP contribution >= 0.6 is 11.3 Å². The quantitative estimate of drug-likeness (QED) is 0.694.